The van der Waals surface area contributed by atoms with Crippen molar-refractivity contribution in [3.05, 3.63) is 25.3 Å². The van der Waals surface area contributed by atoms with Crippen molar-refractivity contribution in [1.29, 1.82) is 0 Å². The quantitative estimate of drug-likeness (QED) is 0.222. The lowest BCUT2D eigenvalue weighted by atomic mass is 10.2. The number of hydrogen-bond acceptors (Lipinski definition) is 7. The molecular formula is C10H16O7. The second kappa shape index (κ2) is 6.60. The summed E-state index contributed by atoms with van der Waals surface area (Å²) in [5, 5.41) is 35.9. The molecule has 0 amide bonds. The van der Waals surface area contributed by atoms with Crippen LogP contribution in [0.15, 0.2) is 25.3 Å². The minimum absolute atomic E-state index is 0.393. The minimum Gasteiger partial charge on any atom is -0.340 e. The molecule has 0 saturated heterocycles. The summed E-state index contributed by atoms with van der Waals surface area (Å²) >= 11 is 0. The fourth-order valence-corrected chi connectivity index (χ4v) is 0.704. The number of aldehydes is 1. The van der Waals surface area contributed by atoms with E-state index in [1.807, 2.05) is 0 Å². The highest BCUT2D eigenvalue weighted by Gasteiger charge is 2.24. The Morgan fingerprint density at radius 3 is 1.59 bits per heavy atom. The Labute approximate surface area is 98.2 Å². The summed E-state index contributed by atoms with van der Waals surface area (Å²) in [4.78, 5) is 10.6. The lowest BCUT2D eigenvalue weighted by molar-refractivity contribution is -0.319. The topological polar surface area (TPSA) is 116 Å². The highest BCUT2D eigenvalue weighted by molar-refractivity contribution is 5.53. The van der Waals surface area contributed by atoms with Crippen LogP contribution in [0, 0.1) is 5.92 Å². The van der Waals surface area contributed by atoms with Gasteiger partial charge in [0.15, 0.2) is 0 Å². The Bertz CT molecular complexity index is 248. The molecule has 0 bridgehead atoms. The molecule has 98 valence electrons. The Morgan fingerprint density at radius 1 is 1.00 bits per heavy atom. The zero-order valence-electron chi connectivity index (χ0n) is 9.15. The van der Waals surface area contributed by atoms with Crippen LogP contribution < -0.4 is 0 Å². The van der Waals surface area contributed by atoms with E-state index in [9.17, 15) is 4.79 Å². The molecule has 0 aromatic carbocycles. The molecule has 0 rings (SSSR count). The normalized spacial score (nSPS) is 12.5. The summed E-state index contributed by atoms with van der Waals surface area (Å²) < 4.78 is 9.05. The molecule has 0 aliphatic rings. The van der Waals surface area contributed by atoms with Crippen LogP contribution in [0.5, 0.6) is 0 Å². The van der Waals surface area contributed by atoms with E-state index in [0.29, 0.717) is 6.29 Å². The first kappa shape index (κ1) is 15.9. The second-order valence-electron chi connectivity index (χ2n) is 3.24. The number of ether oxygens (including phenoxy) is 2. The van der Waals surface area contributed by atoms with Gasteiger partial charge in [-0.05, 0) is 12.2 Å². The van der Waals surface area contributed by atoms with Crippen molar-refractivity contribution >= 4 is 6.29 Å². The van der Waals surface area contributed by atoms with E-state index in [-0.39, 0.29) is 0 Å². The van der Waals surface area contributed by atoms with Gasteiger partial charge in [-0.25, -0.2) is 0 Å². The molecule has 0 unspecified atom stereocenters. The van der Waals surface area contributed by atoms with Crippen LogP contribution in [0.2, 0.25) is 0 Å². The molecule has 0 aliphatic heterocycles. The van der Waals surface area contributed by atoms with Gasteiger partial charge in [-0.1, -0.05) is 13.2 Å². The zero-order chi connectivity index (χ0) is 13.5. The van der Waals surface area contributed by atoms with Gasteiger partial charge in [-0.3, -0.25) is 0 Å². The Morgan fingerprint density at radius 2 is 1.35 bits per heavy atom. The number of aliphatic hydroxyl groups is 4. The highest BCUT2D eigenvalue weighted by Crippen LogP contribution is 2.09. The summed E-state index contributed by atoms with van der Waals surface area (Å²) in [6.07, 6.45) is 1.86. The molecule has 0 fully saturated rings. The third-order valence-corrected chi connectivity index (χ3v) is 1.74. The van der Waals surface area contributed by atoms with Gasteiger partial charge in [0.05, 0.1) is 19.1 Å². The summed E-state index contributed by atoms with van der Waals surface area (Å²) in [7, 11) is 0. The molecule has 17 heavy (non-hydrogen) atoms. The van der Waals surface area contributed by atoms with E-state index in [1.54, 1.807) is 0 Å². The molecule has 0 spiro atoms. The standard InChI is InChI=1S/C10H16O7/c1-3-9(12,13)16-6-8(5-11)7-17-10(14,15)4-2/h3-5,8,12-15H,1-2,6-7H2. The lowest BCUT2D eigenvalue weighted by Gasteiger charge is -2.22. The molecule has 0 atom stereocenters. The first-order valence-electron chi connectivity index (χ1n) is 4.66. The molecule has 0 saturated carbocycles. The van der Waals surface area contributed by atoms with Crippen LogP contribution in [0.4, 0.5) is 0 Å². The number of hydrogen-bond donors (Lipinski definition) is 4. The molecule has 0 aliphatic carbocycles. The smallest absolute Gasteiger partial charge is 0.299 e. The van der Waals surface area contributed by atoms with Crippen LogP contribution >= 0.6 is 0 Å². The van der Waals surface area contributed by atoms with Crippen LogP contribution in [-0.4, -0.2) is 51.9 Å². The predicted molar refractivity (Wildman–Crippen MR) is 56.2 cm³/mol. The molecule has 0 heterocycles. The van der Waals surface area contributed by atoms with Gasteiger partial charge >= 0.3 is 0 Å². The summed E-state index contributed by atoms with van der Waals surface area (Å²) in [6, 6.07) is 0. The average molecular weight is 248 g/mol. The van der Waals surface area contributed by atoms with Crippen molar-refractivity contribution in [2.75, 3.05) is 13.2 Å². The van der Waals surface area contributed by atoms with Crippen LogP contribution in [0.3, 0.4) is 0 Å². The highest BCUT2D eigenvalue weighted by atomic mass is 16.8. The van der Waals surface area contributed by atoms with Crippen molar-refractivity contribution < 1.29 is 34.7 Å². The number of carbonyl (C=O) groups excluding carboxylic acids is 1. The Hall–Kier alpha value is -1.09. The zero-order valence-corrected chi connectivity index (χ0v) is 9.15. The van der Waals surface area contributed by atoms with E-state index >= 15 is 0 Å². The van der Waals surface area contributed by atoms with Crippen LogP contribution in [0.25, 0.3) is 0 Å². The van der Waals surface area contributed by atoms with E-state index in [2.05, 4.69) is 22.6 Å². The Kier molecular flexibility index (Phi) is 6.18. The largest absolute Gasteiger partial charge is 0.340 e. The molecular weight excluding hydrogens is 232 g/mol. The molecule has 0 aromatic heterocycles. The van der Waals surface area contributed by atoms with Gasteiger partial charge < -0.3 is 34.7 Å². The molecule has 7 heteroatoms. The maximum Gasteiger partial charge on any atom is 0.299 e. The fourth-order valence-electron chi connectivity index (χ4n) is 0.704. The van der Waals surface area contributed by atoms with Gasteiger partial charge in [0.1, 0.15) is 6.29 Å². The van der Waals surface area contributed by atoms with Crippen molar-refractivity contribution in [3.8, 4) is 0 Å². The maximum absolute atomic E-state index is 10.6. The third-order valence-electron chi connectivity index (χ3n) is 1.74. The SMILES string of the molecule is C=CC(O)(O)OCC(C=O)COC(O)(O)C=C. The van der Waals surface area contributed by atoms with Gasteiger partial charge in [0.25, 0.3) is 11.9 Å². The summed E-state index contributed by atoms with van der Waals surface area (Å²) in [5.74, 6) is -6.00. The van der Waals surface area contributed by atoms with Gasteiger partial charge in [-0.2, -0.15) is 0 Å². The summed E-state index contributed by atoms with van der Waals surface area (Å²) in [6.45, 7) is 5.41. The molecule has 4 N–H and O–H groups in total. The molecule has 0 aromatic rings. The van der Waals surface area contributed by atoms with Crippen LogP contribution in [0.1, 0.15) is 0 Å². The van der Waals surface area contributed by atoms with Gasteiger partial charge in [-0.15, -0.1) is 0 Å². The van der Waals surface area contributed by atoms with Crippen molar-refractivity contribution in [1.82, 2.24) is 0 Å². The Balaban J connectivity index is 4.14. The van der Waals surface area contributed by atoms with E-state index in [4.69, 9.17) is 20.4 Å². The van der Waals surface area contributed by atoms with Gasteiger partial charge in [0.2, 0.25) is 0 Å². The summed E-state index contributed by atoms with van der Waals surface area (Å²) in [5.41, 5.74) is 0. The maximum atomic E-state index is 10.6. The second-order valence-corrected chi connectivity index (χ2v) is 3.24. The number of rotatable bonds is 9. The van der Waals surface area contributed by atoms with E-state index < -0.39 is 31.1 Å². The average Bonchev–Trinajstić information content (AvgIpc) is 2.29. The van der Waals surface area contributed by atoms with Crippen molar-refractivity contribution in [2.45, 2.75) is 11.9 Å². The van der Waals surface area contributed by atoms with Crippen molar-refractivity contribution in [2.24, 2.45) is 5.92 Å². The van der Waals surface area contributed by atoms with Gasteiger partial charge in [0, 0.05) is 0 Å². The predicted octanol–water partition coefficient (Wildman–Crippen LogP) is -1.52. The number of carbonyl (C=O) groups is 1. The van der Waals surface area contributed by atoms with Crippen molar-refractivity contribution in [3.63, 3.8) is 0 Å². The minimum atomic E-state index is -2.55. The van der Waals surface area contributed by atoms with E-state index in [0.717, 1.165) is 12.2 Å². The van der Waals surface area contributed by atoms with Crippen LogP contribution in [-0.2, 0) is 14.3 Å². The first-order chi connectivity index (χ1) is 7.76. The fraction of sp³-hybridized carbons (Fsp3) is 0.500. The third kappa shape index (κ3) is 6.95. The monoisotopic (exact) mass is 248 g/mol. The first-order valence-corrected chi connectivity index (χ1v) is 4.66. The van der Waals surface area contributed by atoms with E-state index in [1.165, 1.54) is 0 Å². The molecule has 7 nitrogen and oxygen atoms in total. The lowest BCUT2D eigenvalue weighted by Crippen LogP contribution is -2.35. The molecule has 0 radical (unpaired) electrons.